The van der Waals surface area contributed by atoms with Gasteiger partial charge in [-0.1, -0.05) is 218 Å². The Labute approximate surface area is 474 Å². The zero-order chi connectivity index (χ0) is 53.8. The number of fused-ring (bicyclic) bond motifs is 12. The van der Waals surface area contributed by atoms with E-state index >= 15 is 0 Å². The van der Waals surface area contributed by atoms with Gasteiger partial charge in [0, 0.05) is 65.6 Å². The van der Waals surface area contributed by atoms with Crippen molar-refractivity contribution in [2.75, 3.05) is 9.80 Å². The first-order valence-corrected chi connectivity index (χ1v) is 28.3. The van der Waals surface area contributed by atoms with E-state index in [0.29, 0.717) is 0 Å². The molecule has 4 nitrogen and oxygen atoms in total. The SMILES string of the molecule is c1ccc(-c2ccc(N(c3ccccc3)c3cccc4c3c3cccc5c6cc7c(cc6n4c53)c3cccc4c5c(N(c6ccccc6)c6ccc(-c8ccccc8)cc6-c6ccccc6)cccc5n7c34)c(-c3ccccc3)c2)cc1. The molecule has 0 bridgehead atoms. The van der Waals surface area contributed by atoms with Crippen LogP contribution in [0.25, 0.3) is 121 Å². The van der Waals surface area contributed by atoms with Crippen LogP contribution < -0.4 is 9.80 Å². The van der Waals surface area contributed by atoms with Crippen molar-refractivity contribution < 1.29 is 0 Å². The lowest BCUT2D eigenvalue weighted by Gasteiger charge is -2.29. The van der Waals surface area contributed by atoms with E-state index in [2.05, 4.69) is 322 Å². The molecule has 82 heavy (non-hydrogen) atoms. The molecule has 0 fully saturated rings. The molecule has 0 N–H and O–H groups in total. The molecule has 0 saturated carbocycles. The molecule has 4 heterocycles. The third-order valence-corrected chi connectivity index (χ3v) is 17.1. The Morgan fingerprint density at radius 3 is 0.939 bits per heavy atom. The second-order valence-corrected chi connectivity index (χ2v) is 21.6. The number of rotatable bonds is 10. The van der Waals surface area contributed by atoms with Crippen molar-refractivity contribution in [2.24, 2.45) is 0 Å². The first-order valence-electron chi connectivity index (χ1n) is 28.3. The van der Waals surface area contributed by atoms with Gasteiger partial charge in [0.05, 0.1) is 55.8 Å². The summed E-state index contributed by atoms with van der Waals surface area (Å²) in [6, 6.07) is 111. The highest BCUT2D eigenvalue weighted by Crippen LogP contribution is 2.52. The molecule has 0 saturated heterocycles. The van der Waals surface area contributed by atoms with Gasteiger partial charge in [-0.25, -0.2) is 0 Å². The second kappa shape index (κ2) is 18.3. The van der Waals surface area contributed by atoms with Gasteiger partial charge in [-0.2, -0.15) is 0 Å². The van der Waals surface area contributed by atoms with Gasteiger partial charge in [0.25, 0.3) is 0 Å². The van der Waals surface area contributed by atoms with Crippen LogP contribution in [-0.2, 0) is 0 Å². The van der Waals surface area contributed by atoms with Crippen LogP contribution >= 0.6 is 0 Å². The van der Waals surface area contributed by atoms with E-state index in [1.54, 1.807) is 0 Å². The molecule has 4 heteroatoms. The first-order chi connectivity index (χ1) is 40.7. The fourth-order valence-corrected chi connectivity index (χ4v) is 13.6. The quantitative estimate of drug-likeness (QED) is 0.136. The van der Waals surface area contributed by atoms with Crippen molar-refractivity contribution in [1.82, 2.24) is 8.80 Å². The fourth-order valence-electron chi connectivity index (χ4n) is 13.6. The monoisotopic (exact) mass is 1040 g/mol. The van der Waals surface area contributed by atoms with Gasteiger partial charge in [0.15, 0.2) is 0 Å². The van der Waals surface area contributed by atoms with E-state index in [1.807, 2.05) is 0 Å². The minimum Gasteiger partial charge on any atom is -0.309 e. The fraction of sp³-hybridized carbons (Fsp3) is 0. The van der Waals surface area contributed by atoms with Crippen LogP contribution in [0.1, 0.15) is 0 Å². The summed E-state index contributed by atoms with van der Waals surface area (Å²) >= 11 is 0. The van der Waals surface area contributed by atoms with Crippen molar-refractivity contribution in [3.05, 3.63) is 303 Å². The summed E-state index contributed by atoms with van der Waals surface area (Å²) in [4.78, 5) is 4.96. The molecule has 17 rings (SSSR count). The molecule has 0 atom stereocenters. The molecular weight excluding hydrogens is 993 g/mol. The average molecular weight is 1040 g/mol. The maximum absolute atomic E-state index is 2.55. The van der Waals surface area contributed by atoms with Crippen molar-refractivity contribution in [2.45, 2.75) is 0 Å². The minimum atomic E-state index is 1.10. The number of anilines is 6. The lowest BCUT2D eigenvalue weighted by atomic mass is 9.96. The Morgan fingerprint density at radius 1 is 0.207 bits per heavy atom. The van der Waals surface area contributed by atoms with E-state index in [0.717, 1.165) is 34.1 Å². The third kappa shape index (κ3) is 6.92. The maximum atomic E-state index is 2.55. The van der Waals surface area contributed by atoms with Gasteiger partial charge in [-0.15, -0.1) is 0 Å². The maximum Gasteiger partial charge on any atom is 0.0621 e. The lowest BCUT2D eigenvalue weighted by molar-refractivity contribution is 1.29. The Bertz CT molecular complexity index is 4910. The highest BCUT2D eigenvalue weighted by molar-refractivity contribution is 6.31. The van der Waals surface area contributed by atoms with E-state index < -0.39 is 0 Å². The summed E-state index contributed by atoms with van der Waals surface area (Å²) < 4.78 is 5.10. The molecule has 382 valence electrons. The minimum absolute atomic E-state index is 1.10. The van der Waals surface area contributed by atoms with Gasteiger partial charge in [-0.05, 0) is 118 Å². The predicted octanol–water partition coefficient (Wildman–Crippen LogP) is 21.6. The molecule has 0 radical (unpaired) electrons. The van der Waals surface area contributed by atoms with Gasteiger partial charge in [-0.3, -0.25) is 0 Å². The van der Waals surface area contributed by atoms with Gasteiger partial charge >= 0.3 is 0 Å². The highest BCUT2D eigenvalue weighted by atomic mass is 15.2. The van der Waals surface area contributed by atoms with Crippen molar-refractivity contribution in [3.63, 3.8) is 0 Å². The van der Waals surface area contributed by atoms with Gasteiger partial charge in [0.2, 0.25) is 0 Å². The van der Waals surface area contributed by atoms with Crippen molar-refractivity contribution >= 4 is 110 Å². The number of nitrogens with zero attached hydrogens (tertiary/aromatic N) is 4. The smallest absolute Gasteiger partial charge is 0.0621 e. The summed E-state index contributed by atoms with van der Waals surface area (Å²) in [6.45, 7) is 0. The van der Waals surface area contributed by atoms with Crippen LogP contribution in [0.15, 0.2) is 303 Å². The van der Waals surface area contributed by atoms with Crippen LogP contribution in [0.5, 0.6) is 0 Å². The van der Waals surface area contributed by atoms with E-state index in [1.165, 1.54) is 121 Å². The van der Waals surface area contributed by atoms with Crippen LogP contribution in [-0.4, -0.2) is 8.80 Å². The number of para-hydroxylation sites is 4. The standard InChI is InChI=1S/C78H50N4/c1-7-23-51(24-8-1)55-43-45-67(63(47-55)53-27-11-3-12-28-53)79(57-31-15-5-16-32-57)69-39-21-41-71-75(69)61-37-19-35-59-65-50-74-66(49-73(65)81(71)77(59)61)60-36-20-38-62-76-70(40-22-42-72(76)82(74)78(60)62)80(58-33-17-6-18-34-58)68-46-44-56(52-25-9-2-10-26-52)48-64(68)54-29-13-4-14-30-54/h1-50H. The normalized spacial score (nSPS) is 11.9. The Morgan fingerprint density at radius 2 is 0.549 bits per heavy atom. The number of hydrogen-bond donors (Lipinski definition) is 0. The third-order valence-electron chi connectivity index (χ3n) is 17.1. The first kappa shape index (κ1) is 46.0. The van der Waals surface area contributed by atoms with E-state index in [4.69, 9.17) is 0 Å². The summed E-state index contributed by atoms with van der Waals surface area (Å²) in [6.07, 6.45) is 0. The zero-order valence-corrected chi connectivity index (χ0v) is 44.7. The molecule has 0 amide bonds. The largest absolute Gasteiger partial charge is 0.309 e. The molecule has 0 aliphatic heterocycles. The molecule has 0 aliphatic rings. The number of benzene rings is 13. The molecule has 0 unspecified atom stereocenters. The Balaban J connectivity index is 0.889. The molecule has 4 aromatic heterocycles. The molecule has 13 aromatic carbocycles. The van der Waals surface area contributed by atoms with Crippen molar-refractivity contribution in [3.8, 4) is 44.5 Å². The number of hydrogen-bond acceptors (Lipinski definition) is 2. The van der Waals surface area contributed by atoms with Crippen molar-refractivity contribution in [1.29, 1.82) is 0 Å². The summed E-state index contributed by atoms with van der Waals surface area (Å²) in [5.41, 5.74) is 23.4. The molecular formula is C78H50N4. The summed E-state index contributed by atoms with van der Waals surface area (Å²) in [5, 5.41) is 9.88. The number of aromatic nitrogens is 2. The summed E-state index contributed by atoms with van der Waals surface area (Å²) in [5.74, 6) is 0. The van der Waals surface area contributed by atoms with Gasteiger partial charge < -0.3 is 18.6 Å². The van der Waals surface area contributed by atoms with Crippen LogP contribution in [0, 0.1) is 0 Å². The van der Waals surface area contributed by atoms with Crippen LogP contribution in [0.4, 0.5) is 34.1 Å². The Hall–Kier alpha value is -10.9. The van der Waals surface area contributed by atoms with Gasteiger partial charge in [0.1, 0.15) is 0 Å². The second-order valence-electron chi connectivity index (χ2n) is 21.6. The van der Waals surface area contributed by atoms with E-state index in [-0.39, 0.29) is 0 Å². The average Bonchev–Trinajstić information content (AvgIpc) is 2.09. The lowest BCUT2D eigenvalue weighted by Crippen LogP contribution is -2.11. The van der Waals surface area contributed by atoms with Crippen LogP contribution in [0.2, 0.25) is 0 Å². The predicted molar refractivity (Wildman–Crippen MR) is 347 cm³/mol. The highest BCUT2D eigenvalue weighted by Gasteiger charge is 2.28. The topological polar surface area (TPSA) is 15.3 Å². The van der Waals surface area contributed by atoms with Crippen LogP contribution in [0.3, 0.4) is 0 Å². The summed E-state index contributed by atoms with van der Waals surface area (Å²) in [7, 11) is 0. The zero-order valence-electron chi connectivity index (χ0n) is 44.7. The molecule has 0 aliphatic carbocycles. The van der Waals surface area contributed by atoms with E-state index in [9.17, 15) is 0 Å². The Kier molecular flexibility index (Phi) is 10.3. The molecule has 0 spiro atoms. The molecule has 17 aromatic rings.